The number of furan rings is 1. The second-order valence-electron chi connectivity index (χ2n) is 4.52. The van der Waals surface area contributed by atoms with Gasteiger partial charge in [-0.05, 0) is 12.3 Å². The monoisotopic (exact) mass is 268 g/mol. The van der Waals surface area contributed by atoms with E-state index in [1.54, 1.807) is 0 Å². The molecule has 1 aromatic heterocycles. The van der Waals surface area contributed by atoms with Gasteiger partial charge in [-0.25, -0.2) is 9.59 Å². The fourth-order valence-corrected chi connectivity index (χ4v) is 1.79. The Hall–Kier alpha value is -1.78. The summed E-state index contributed by atoms with van der Waals surface area (Å²) in [4.78, 5) is 22.6. The van der Waals surface area contributed by atoms with Crippen molar-refractivity contribution < 1.29 is 23.8 Å². The molecular formula is C14H20O5. The standard InChI is InChI=1S/C14H20O5/c1-3-5-6-10(4-2)7-19-14(17)12-9-18-8-11(12)13(15)16/h8-10H,3-7H2,1-2H3,(H,15,16). The average Bonchev–Trinajstić information content (AvgIpc) is 2.88. The van der Waals surface area contributed by atoms with Gasteiger partial charge < -0.3 is 14.3 Å². The zero-order chi connectivity index (χ0) is 14.3. The molecule has 0 aliphatic heterocycles. The van der Waals surface area contributed by atoms with Gasteiger partial charge in [-0.3, -0.25) is 0 Å². The number of aromatic carboxylic acids is 1. The van der Waals surface area contributed by atoms with Crippen molar-refractivity contribution in [2.75, 3.05) is 6.61 Å². The third-order valence-corrected chi connectivity index (χ3v) is 3.11. The van der Waals surface area contributed by atoms with E-state index >= 15 is 0 Å². The van der Waals surface area contributed by atoms with Crippen LogP contribution in [0.3, 0.4) is 0 Å². The Morgan fingerprint density at radius 3 is 2.58 bits per heavy atom. The topological polar surface area (TPSA) is 76.7 Å². The van der Waals surface area contributed by atoms with Crippen molar-refractivity contribution in [3.63, 3.8) is 0 Å². The minimum atomic E-state index is -1.20. The first-order chi connectivity index (χ1) is 9.10. The second-order valence-corrected chi connectivity index (χ2v) is 4.52. The lowest BCUT2D eigenvalue weighted by molar-refractivity contribution is 0.0420. The number of ether oxygens (including phenoxy) is 1. The van der Waals surface area contributed by atoms with E-state index in [0.717, 1.165) is 38.2 Å². The van der Waals surface area contributed by atoms with Gasteiger partial charge >= 0.3 is 11.9 Å². The fraction of sp³-hybridized carbons (Fsp3) is 0.571. The van der Waals surface area contributed by atoms with E-state index < -0.39 is 11.9 Å². The number of carbonyl (C=O) groups excluding carboxylic acids is 1. The van der Waals surface area contributed by atoms with E-state index in [2.05, 4.69) is 13.8 Å². The van der Waals surface area contributed by atoms with Crippen LogP contribution in [0.1, 0.15) is 60.2 Å². The maximum absolute atomic E-state index is 11.8. The fourth-order valence-electron chi connectivity index (χ4n) is 1.79. The van der Waals surface area contributed by atoms with E-state index in [9.17, 15) is 9.59 Å². The van der Waals surface area contributed by atoms with Crippen molar-refractivity contribution in [3.8, 4) is 0 Å². The molecule has 0 fully saturated rings. The third-order valence-electron chi connectivity index (χ3n) is 3.11. The molecule has 1 aromatic rings. The highest BCUT2D eigenvalue weighted by Gasteiger charge is 2.21. The molecule has 0 aliphatic rings. The van der Waals surface area contributed by atoms with Crippen LogP contribution >= 0.6 is 0 Å². The minimum absolute atomic E-state index is 0.0298. The Morgan fingerprint density at radius 2 is 2.00 bits per heavy atom. The van der Waals surface area contributed by atoms with Gasteiger partial charge in [0.05, 0.1) is 6.61 Å². The van der Waals surface area contributed by atoms with Crippen molar-refractivity contribution in [3.05, 3.63) is 23.7 Å². The maximum atomic E-state index is 11.8. The quantitative estimate of drug-likeness (QED) is 0.731. The van der Waals surface area contributed by atoms with Gasteiger partial charge in [0.1, 0.15) is 23.7 Å². The molecule has 0 aliphatic carbocycles. The molecule has 0 spiro atoms. The summed E-state index contributed by atoms with van der Waals surface area (Å²) in [6, 6.07) is 0. The van der Waals surface area contributed by atoms with Crippen LogP contribution in [0.15, 0.2) is 16.9 Å². The van der Waals surface area contributed by atoms with Crippen molar-refractivity contribution in [2.45, 2.75) is 39.5 Å². The summed E-state index contributed by atoms with van der Waals surface area (Å²) < 4.78 is 9.91. The average molecular weight is 268 g/mol. The van der Waals surface area contributed by atoms with E-state index in [0.29, 0.717) is 12.5 Å². The first-order valence-electron chi connectivity index (χ1n) is 6.56. The van der Waals surface area contributed by atoms with Crippen LogP contribution in [-0.2, 0) is 4.74 Å². The van der Waals surface area contributed by atoms with Crippen LogP contribution in [0.25, 0.3) is 0 Å². The van der Waals surface area contributed by atoms with Crippen molar-refractivity contribution >= 4 is 11.9 Å². The highest BCUT2D eigenvalue weighted by molar-refractivity contribution is 6.01. The molecule has 0 aromatic carbocycles. The third kappa shape index (κ3) is 4.43. The van der Waals surface area contributed by atoms with Gasteiger partial charge in [0.2, 0.25) is 0 Å². The predicted octanol–water partition coefficient (Wildman–Crippen LogP) is 3.35. The molecule has 0 saturated carbocycles. The van der Waals surface area contributed by atoms with E-state index in [4.69, 9.17) is 14.3 Å². The highest BCUT2D eigenvalue weighted by atomic mass is 16.5. The van der Waals surface area contributed by atoms with Crippen molar-refractivity contribution in [1.82, 2.24) is 0 Å². The number of carbonyl (C=O) groups is 2. The number of rotatable bonds is 8. The first-order valence-corrected chi connectivity index (χ1v) is 6.56. The van der Waals surface area contributed by atoms with Gasteiger partial charge in [-0.2, -0.15) is 0 Å². The molecule has 19 heavy (non-hydrogen) atoms. The van der Waals surface area contributed by atoms with Crippen LogP contribution in [-0.4, -0.2) is 23.7 Å². The zero-order valence-electron chi connectivity index (χ0n) is 11.3. The van der Waals surface area contributed by atoms with Crippen LogP contribution < -0.4 is 0 Å². The number of carboxylic acids is 1. The Kier molecular flexibility index (Phi) is 6.12. The lowest BCUT2D eigenvalue weighted by Gasteiger charge is -2.14. The summed E-state index contributed by atoms with van der Waals surface area (Å²) in [5.41, 5.74) is -0.190. The number of hydrogen-bond donors (Lipinski definition) is 1. The summed E-state index contributed by atoms with van der Waals surface area (Å²) in [5, 5.41) is 8.88. The van der Waals surface area contributed by atoms with Crippen molar-refractivity contribution in [2.24, 2.45) is 5.92 Å². The molecule has 0 bridgehead atoms. The molecule has 1 atom stereocenters. The Labute approximate surface area is 112 Å². The molecule has 5 heteroatoms. The largest absolute Gasteiger partial charge is 0.478 e. The van der Waals surface area contributed by atoms with E-state index in [-0.39, 0.29) is 11.1 Å². The SMILES string of the molecule is CCCCC(CC)COC(=O)c1cocc1C(=O)O. The summed E-state index contributed by atoms with van der Waals surface area (Å²) in [7, 11) is 0. The predicted molar refractivity (Wildman–Crippen MR) is 69.3 cm³/mol. The summed E-state index contributed by atoms with van der Waals surface area (Å²) in [6.45, 7) is 4.48. The number of unbranched alkanes of at least 4 members (excludes halogenated alkanes) is 1. The molecule has 5 nitrogen and oxygen atoms in total. The van der Waals surface area contributed by atoms with E-state index in [1.165, 1.54) is 0 Å². The van der Waals surface area contributed by atoms with Gasteiger partial charge in [-0.1, -0.05) is 33.1 Å². The van der Waals surface area contributed by atoms with Gasteiger partial charge in [0.15, 0.2) is 0 Å². The van der Waals surface area contributed by atoms with Crippen LogP contribution in [0.5, 0.6) is 0 Å². The normalized spacial score (nSPS) is 12.1. The second kappa shape index (κ2) is 7.61. The Morgan fingerprint density at radius 1 is 1.32 bits per heavy atom. The molecule has 106 valence electrons. The van der Waals surface area contributed by atoms with Gasteiger partial charge in [0.25, 0.3) is 0 Å². The summed E-state index contributed by atoms with van der Waals surface area (Å²) in [6.07, 6.45) is 6.30. The smallest absolute Gasteiger partial charge is 0.342 e. The Balaban J connectivity index is 2.54. The zero-order valence-corrected chi connectivity index (χ0v) is 11.3. The first kappa shape index (κ1) is 15.3. The molecule has 0 radical (unpaired) electrons. The molecular weight excluding hydrogens is 248 g/mol. The van der Waals surface area contributed by atoms with Crippen LogP contribution in [0, 0.1) is 5.92 Å². The molecule has 0 saturated heterocycles. The number of esters is 1. The van der Waals surface area contributed by atoms with Gasteiger partial charge in [0, 0.05) is 0 Å². The number of hydrogen-bond acceptors (Lipinski definition) is 4. The van der Waals surface area contributed by atoms with Crippen molar-refractivity contribution in [1.29, 1.82) is 0 Å². The summed E-state index contributed by atoms with van der Waals surface area (Å²) in [5.74, 6) is -1.51. The molecule has 0 amide bonds. The Bertz CT molecular complexity index is 421. The minimum Gasteiger partial charge on any atom is -0.478 e. The van der Waals surface area contributed by atoms with Crippen LogP contribution in [0.4, 0.5) is 0 Å². The highest BCUT2D eigenvalue weighted by Crippen LogP contribution is 2.16. The molecule has 1 rings (SSSR count). The van der Waals surface area contributed by atoms with E-state index in [1.807, 2.05) is 0 Å². The number of carboxylic acid groups (broad SMARTS) is 1. The maximum Gasteiger partial charge on any atom is 0.342 e. The summed E-state index contributed by atoms with van der Waals surface area (Å²) >= 11 is 0. The lowest BCUT2D eigenvalue weighted by Crippen LogP contribution is -2.15. The van der Waals surface area contributed by atoms with Gasteiger partial charge in [-0.15, -0.1) is 0 Å². The lowest BCUT2D eigenvalue weighted by atomic mass is 10.0. The molecule has 1 heterocycles. The molecule has 1 unspecified atom stereocenters. The molecule has 1 N–H and O–H groups in total. The van der Waals surface area contributed by atoms with Crippen LogP contribution in [0.2, 0.25) is 0 Å².